The van der Waals surface area contributed by atoms with Crippen molar-refractivity contribution < 1.29 is 4.73 Å². The third-order valence-corrected chi connectivity index (χ3v) is 3.86. The molecular weight excluding hydrogens is 331 g/mol. The fourth-order valence-electron chi connectivity index (χ4n) is 2.18. The Bertz CT molecular complexity index is 819. The first-order chi connectivity index (χ1) is 10.1. The predicted molar refractivity (Wildman–Crippen MR) is 85.7 cm³/mol. The predicted octanol–water partition coefficient (Wildman–Crippen LogP) is 4.58. The molecule has 3 aromatic rings. The average molecular weight is 340 g/mol. The molecule has 0 fully saturated rings. The first kappa shape index (κ1) is 14.4. The van der Waals surface area contributed by atoms with Gasteiger partial charge in [0, 0.05) is 15.6 Å². The van der Waals surface area contributed by atoms with E-state index in [1.54, 1.807) is 42.5 Å². The van der Waals surface area contributed by atoms with Crippen molar-refractivity contribution >= 4 is 45.7 Å². The molecule has 3 rings (SSSR count). The highest BCUT2D eigenvalue weighted by molar-refractivity contribution is 6.31. The summed E-state index contributed by atoms with van der Waals surface area (Å²) in [4.78, 5) is 4.27. The zero-order valence-corrected chi connectivity index (χ0v) is 13.0. The van der Waals surface area contributed by atoms with E-state index in [1.807, 2.05) is 0 Å². The SMILES string of the molecule is [O-][n+]1c(CCl)nc2ccc(Cl)cc2c1-c1ccc(Cl)cc1. The molecule has 0 spiro atoms. The van der Waals surface area contributed by atoms with Crippen molar-refractivity contribution in [2.24, 2.45) is 0 Å². The summed E-state index contributed by atoms with van der Waals surface area (Å²) in [6, 6.07) is 12.3. The fourth-order valence-corrected chi connectivity index (χ4v) is 2.65. The maximum Gasteiger partial charge on any atom is 0.317 e. The molecule has 0 bridgehead atoms. The summed E-state index contributed by atoms with van der Waals surface area (Å²) in [5.74, 6) is 0.277. The van der Waals surface area contributed by atoms with Gasteiger partial charge < -0.3 is 5.21 Å². The minimum absolute atomic E-state index is 0.0304. The topological polar surface area (TPSA) is 39.8 Å². The van der Waals surface area contributed by atoms with E-state index in [2.05, 4.69) is 4.98 Å². The van der Waals surface area contributed by atoms with Gasteiger partial charge in [-0.15, -0.1) is 11.6 Å². The van der Waals surface area contributed by atoms with Gasteiger partial charge in [-0.2, -0.15) is 0 Å². The summed E-state index contributed by atoms with van der Waals surface area (Å²) >= 11 is 17.8. The molecule has 0 aliphatic heterocycles. The molecule has 0 aliphatic rings. The summed E-state index contributed by atoms with van der Waals surface area (Å²) in [5.41, 5.74) is 1.87. The number of aromatic nitrogens is 2. The normalized spacial score (nSPS) is 11.0. The summed E-state index contributed by atoms with van der Waals surface area (Å²) in [6.45, 7) is 0. The number of benzene rings is 2. The van der Waals surface area contributed by atoms with Crippen LogP contribution >= 0.6 is 34.8 Å². The third-order valence-electron chi connectivity index (χ3n) is 3.14. The van der Waals surface area contributed by atoms with Crippen LogP contribution in [-0.2, 0) is 5.88 Å². The van der Waals surface area contributed by atoms with Crippen LogP contribution in [0.5, 0.6) is 0 Å². The molecule has 106 valence electrons. The van der Waals surface area contributed by atoms with Gasteiger partial charge in [0.05, 0.1) is 5.39 Å². The van der Waals surface area contributed by atoms with Gasteiger partial charge in [0.2, 0.25) is 0 Å². The van der Waals surface area contributed by atoms with E-state index < -0.39 is 0 Å². The largest absolute Gasteiger partial charge is 0.710 e. The van der Waals surface area contributed by atoms with Gasteiger partial charge in [-0.05, 0) is 47.4 Å². The monoisotopic (exact) mass is 338 g/mol. The van der Waals surface area contributed by atoms with E-state index in [4.69, 9.17) is 34.8 Å². The lowest BCUT2D eigenvalue weighted by Gasteiger charge is -2.13. The molecular formula is C15H9Cl3N2O. The van der Waals surface area contributed by atoms with Crippen LogP contribution in [0.2, 0.25) is 10.0 Å². The number of fused-ring (bicyclic) bond motifs is 1. The first-order valence-electron chi connectivity index (χ1n) is 6.14. The summed E-state index contributed by atoms with van der Waals surface area (Å²) < 4.78 is 0.745. The second kappa shape index (κ2) is 5.68. The Hall–Kier alpha value is -1.55. The smallest absolute Gasteiger partial charge is 0.317 e. The highest BCUT2D eigenvalue weighted by Gasteiger charge is 2.19. The van der Waals surface area contributed by atoms with E-state index in [-0.39, 0.29) is 11.7 Å². The summed E-state index contributed by atoms with van der Waals surface area (Å²) in [5, 5.41) is 14.3. The molecule has 6 heteroatoms. The second-order valence-corrected chi connectivity index (χ2v) is 5.61. The van der Waals surface area contributed by atoms with Crippen LogP contribution in [0.25, 0.3) is 22.2 Å². The van der Waals surface area contributed by atoms with E-state index >= 15 is 0 Å². The van der Waals surface area contributed by atoms with Crippen molar-refractivity contribution in [2.45, 2.75) is 5.88 Å². The lowest BCUT2D eigenvalue weighted by Crippen LogP contribution is -2.35. The van der Waals surface area contributed by atoms with E-state index in [9.17, 15) is 5.21 Å². The zero-order valence-electron chi connectivity index (χ0n) is 10.7. The van der Waals surface area contributed by atoms with Crippen molar-refractivity contribution in [3.8, 4) is 11.3 Å². The molecule has 0 saturated heterocycles. The number of hydrogen-bond donors (Lipinski definition) is 0. The standard InChI is InChI=1S/C15H9Cl3N2O/c16-8-14-19-13-6-5-11(18)7-12(13)15(20(14)21)9-1-3-10(17)4-2-9/h1-7H,8H2. The fraction of sp³-hybridized carbons (Fsp3) is 0.0667. The minimum Gasteiger partial charge on any atom is -0.710 e. The Morgan fingerprint density at radius 2 is 1.67 bits per heavy atom. The third kappa shape index (κ3) is 2.64. The Morgan fingerprint density at radius 3 is 2.33 bits per heavy atom. The Morgan fingerprint density at radius 1 is 1.00 bits per heavy atom. The molecule has 0 radical (unpaired) electrons. The van der Waals surface area contributed by atoms with E-state index in [1.165, 1.54) is 0 Å². The maximum absolute atomic E-state index is 12.5. The van der Waals surface area contributed by atoms with Crippen LogP contribution in [0, 0.1) is 5.21 Å². The quantitative estimate of drug-likeness (QED) is 0.389. The molecule has 21 heavy (non-hydrogen) atoms. The highest BCUT2D eigenvalue weighted by atomic mass is 35.5. The zero-order chi connectivity index (χ0) is 15.0. The lowest BCUT2D eigenvalue weighted by atomic mass is 10.1. The molecule has 0 N–H and O–H groups in total. The first-order valence-corrected chi connectivity index (χ1v) is 7.43. The number of nitrogens with zero attached hydrogens (tertiary/aromatic N) is 2. The van der Waals surface area contributed by atoms with E-state index in [0.29, 0.717) is 26.6 Å². The van der Waals surface area contributed by atoms with Crippen molar-refractivity contribution in [2.75, 3.05) is 0 Å². The lowest BCUT2D eigenvalue weighted by molar-refractivity contribution is -0.603. The number of hydrogen-bond acceptors (Lipinski definition) is 2. The number of halogens is 3. The highest BCUT2D eigenvalue weighted by Crippen LogP contribution is 2.28. The summed E-state index contributed by atoms with van der Waals surface area (Å²) in [7, 11) is 0. The van der Waals surface area contributed by atoms with Gasteiger partial charge >= 0.3 is 5.82 Å². The van der Waals surface area contributed by atoms with E-state index in [0.717, 1.165) is 10.3 Å². The van der Waals surface area contributed by atoms with Crippen LogP contribution in [0.1, 0.15) is 5.82 Å². The number of rotatable bonds is 2. The molecule has 0 atom stereocenters. The molecule has 0 unspecified atom stereocenters. The molecule has 0 amide bonds. The van der Waals surface area contributed by atoms with Crippen LogP contribution in [0.3, 0.4) is 0 Å². The second-order valence-electron chi connectivity index (χ2n) is 4.47. The van der Waals surface area contributed by atoms with Gasteiger partial charge in [-0.3, -0.25) is 0 Å². The molecule has 3 nitrogen and oxygen atoms in total. The molecule has 1 aromatic heterocycles. The van der Waals surface area contributed by atoms with Crippen molar-refractivity contribution in [1.29, 1.82) is 0 Å². The van der Waals surface area contributed by atoms with Crippen LogP contribution in [-0.4, -0.2) is 4.98 Å². The summed E-state index contributed by atoms with van der Waals surface area (Å²) in [6.07, 6.45) is 0. The van der Waals surface area contributed by atoms with Crippen molar-refractivity contribution in [1.82, 2.24) is 4.98 Å². The van der Waals surface area contributed by atoms with Gasteiger partial charge in [0.1, 0.15) is 11.6 Å². The Kier molecular flexibility index (Phi) is 3.89. The van der Waals surface area contributed by atoms with Gasteiger partial charge in [0.15, 0.2) is 5.52 Å². The Labute approximate surface area is 136 Å². The molecule has 1 heterocycles. The molecule has 0 saturated carbocycles. The average Bonchev–Trinajstić information content (AvgIpc) is 2.48. The van der Waals surface area contributed by atoms with Crippen LogP contribution < -0.4 is 4.73 Å². The van der Waals surface area contributed by atoms with Crippen molar-refractivity contribution in [3.63, 3.8) is 0 Å². The van der Waals surface area contributed by atoms with Gasteiger partial charge in [0.25, 0.3) is 0 Å². The van der Waals surface area contributed by atoms with Gasteiger partial charge in [-0.25, -0.2) is 4.73 Å². The van der Waals surface area contributed by atoms with Crippen molar-refractivity contribution in [3.05, 3.63) is 63.5 Å². The number of alkyl halides is 1. The Balaban J connectivity index is 2.39. The molecule has 2 aromatic carbocycles. The van der Waals surface area contributed by atoms with Crippen LogP contribution in [0.4, 0.5) is 0 Å². The van der Waals surface area contributed by atoms with Crippen LogP contribution in [0.15, 0.2) is 42.5 Å². The maximum atomic E-state index is 12.5. The minimum atomic E-state index is 0.0304. The molecule has 0 aliphatic carbocycles. The van der Waals surface area contributed by atoms with Gasteiger partial charge in [-0.1, -0.05) is 23.2 Å².